The molecule has 3 aromatic rings. The maximum absolute atomic E-state index is 13.6. The number of para-hydroxylation sites is 1. The summed E-state index contributed by atoms with van der Waals surface area (Å²) in [5, 5.41) is 7.08. The first-order valence-electron chi connectivity index (χ1n) is 14.1. The predicted octanol–water partition coefficient (Wildman–Crippen LogP) is 3.54. The number of aromatic amines is 1. The maximum Gasteiger partial charge on any atom is 0.243 e. The Balaban J connectivity index is 1.36. The number of Topliss-reactive ketones (excluding diaryl/α,β-unsaturated/α-hetero) is 1. The number of nitrogens with zero attached hydrogens (tertiary/aromatic N) is 3. The molecule has 40 heavy (non-hydrogen) atoms. The molecule has 2 fully saturated rings. The molecule has 5 rings (SSSR count). The molecule has 1 spiro atoms. The van der Waals surface area contributed by atoms with E-state index in [1.54, 1.807) is 13.3 Å². The standard InChI is InChI=1S/C30H38N6O4/c1-4-20(37)11-6-5-7-13-23(33-28(39)26-30(15-25(38)35-26)17-36(2)18-30)27-31-16-24(32-27)21-14-19-10-8-9-12-22(19)34-29(21)40-3/h8-10,12,14,16,23,26H,4-7,11,13,15,17-18H2,1-3H3,(H,31,32)(H,33,39)(H,35,38)/t23-,26?/m0/s1. The lowest BCUT2D eigenvalue weighted by Gasteiger charge is -2.48. The summed E-state index contributed by atoms with van der Waals surface area (Å²) in [6, 6.07) is 8.91. The molecule has 4 heterocycles. The Morgan fingerprint density at radius 2 is 2.02 bits per heavy atom. The fourth-order valence-electron chi connectivity index (χ4n) is 6.11. The Morgan fingerprint density at radius 3 is 2.77 bits per heavy atom. The summed E-state index contributed by atoms with van der Waals surface area (Å²) >= 11 is 0. The highest BCUT2D eigenvalue weighted by Gasteiger charge is 2.56. The van der Waals surface area contributed by atoms with Crippen molar-refractivity contribution in [1.82, 2.24) is 30.5 Å². The summed E-state index contributed by atoms with van der Waals surface area (Å²) in [5.74, 6) is 1.12. The molecule has 2 aliphatic rings. The molecule has 0 aliphatic carbocycles. The second kappa shape index (κ2) is 11.8. The van der Waals surface area contributed by atoms with Crippen LogP contribution in [0, 0.1) is 5.41 Å². The molecule has 212 valence electrons. The van der Waals surface area contributed by atoms with E-state index in [0.717, 1.165) is 41.4 Å². The number of carbonyl (C=O) groups excluding carboxylic acids is 3. The molecule has 3 N–H and O–H groups in total. The number of H-pyrrole nitrogens is 1. The first-order chi connectivity index (χ1) is 19.3. The fourth-order valence-corrected chi connectivity index (χ4v) is 6.11. The van der Waals surface area contributed by atoms with Gasteiger partial charge in [0.2, 0.25) is 17.7 Å². The number of imidazole rings is 1. The number of unbranched alkanes of at least 4 members (excludes halogenated alkanes) is 2. The molecule has 2 aromatic heterocycles. The van der Waals surface area contributed by atoms with Gasteiger partial charge in [0.05, 0.1) is 36.1 Å². The second-order valence-electron chi connectivity index (χ2n) is 11.2. The zero-order chi connectivity index (χ0) is 28.3. The summed E-state index contributed by atoms with van der Waals surface area (Å²) in [6.07, 6.45) is 6.42. The van der Waals surface area contributed by atoms with Crippen LogP contribution < -0.4 is 15.4 Å². The fraction of sp³-hybridized carbons (Fsp3) is 0.500. The molecule has 1 unspecified atom stereocenters. The van der Waals surface area contributed by atoms with E-state index in [2.05, 4.69) is 30.5 Å². The van der Waals surface area contributed by atoms with Gasteiger partial charge >= 0.3 is 0 Å². The van der Waals surface area contributed by atoms with Crippen molar-refractivity contribution in [3.8, 4) is 17.1 Å². The third-order valence-electron chi connectivity index (χ3n) is 8.12. The van der Waals surface area contributed by atoms with E-state index in [1.165, 1.54) is 0 Å². The van der Waals surface area contributed by atoms with Crippen LogP contribution >= 0.6 is 0 Å². The van der Waals surface area contributed by atoms with E-state index in [1.807, 2.05) is 44.3 Å². The number of aromatic nitrogens is 3. The Morgan fingerprint density at radius 1 is 1.23 bits per heavy atom. The summed E-state index contributed by atoms with van der Waals surface area (Å²) < 4.78 is 5.59. The number of pyridine rings is 1. The van der Waals surface area contributed by atoms with Crippen LogP contribution in [0.1, 0.15) is 63.7 Å². The van der Waals surface area contributed by atoms with E-state index >= 15 is 0 Å². The van der Waals surface area contributed by atoms with Gasteiger partial charge in [0.15, 0.2) is 0 Å². The molecule has 2 saturated heterocycles. The molecule has 0 saturated carbocycles. The van der Waals surface area contributed by atoms with Crippen LogP contribution in [0.4, 0.5) is 0 Å². The van der Waals surface area contributed by atoms with E-state index in [0.29, 0.717) is 50.5 Å². The van der Waals surface area contributed by atoms with E-state index in [9.17, 15) is 14.4 Å². The molecule has 2 amide bonds. The summed E-state index contributed by atoms with van der Waals surface area (Å²) in [4.78, 5) is 52.4. The lowest BCUT2D eigenvalue weighted by molar-refractivity contribution is -0.130. The Hall–Kier alpha value is -3.79. The van der Waals surface area contributed by atoms with Crippen molar-refractivity contribution < 1.29 is 19.1 Å². The highest BCUT2D eigenvalue weighted by atomic mass is 16.5. The number of nitrogens with one attached hydrogen (secondary N) is 3. The first kappa shape index (κ1) is 27.8. The van der Waals surface area contributed by atoms with Gasteiger partial charge in [0, 0.05) is 43.2 Å². The number of hydrogen-bond donors (Lipinski definition) is 3. The number of amides is 2. The van der Waals surface area contributed by atoms with Crippen LogP contribution in [0.3, 0.4) is 0 Å². The van der Waals surface area contributed by atoms with Crippen LogP contribution in [-0.2, 0) is 14.4 Å². The van der Waals surface area contributed by atoms with Gasteiger partial charge in [-0.25, -0.2) is 9.97 Å². The van der Waals surface area contributed by atoms with Crippen LogP contribution in [0.5, 0.6) is 5.88 Å². The highest BCUT2D eigenvalue weighted by Crippen LogP contribution is 2.41. The second-order valence-corrected chi connectivity index (χ2v) is 11.2. The summed E-state index contributed by atoms with van der Waals surface area (Å²) in [7, 11) is 3.59. The van der Waals surface area contributed by atoms with Crippen molar-refractivity contribution >= 4 is 28.5 Å². The van der Waals surface area contributed by atoms with Crippen molar-refractivity contribution in [1.29, 1.82) is 0 Å². The Kier molecular flexibility index (Phi) is 8.16. The number of ether oxygens (including phenoxy) is 1. The quantitative estimate of drug-likeness (QED) is 0.296. The van der Waals surface area contributed by atoms with E-state index < -0.39 is 6.04 Å². The topological polar surface area (TPSA) is 129 Å². The van der Waals surface area contributed by atoms with Gasteiger partial charge in [-0.1, -0.05) is 38.0 Å². The molecular formula is C30H38N6O4. The van der Waals surface area contributed by atoms with Gasteiger partial charge in [-0.3, -0.25) is 14.4 Å². The first-order valence-corrected chi connectivity index (χ1v) is 14.1. The van der Waals surface area contributed by atoms with Crippen LogP contribution in [-0.4, -0.2) is 70.7 Å². The van der Waals surface area contributed by atoms with Gasteiger partial charge < -0.3 is 25.3 Å². The molecular weight excluding hydrogens is 508 g/mol. The molecule has 10 heteroatoms. The lowest BCUT2D eigenvalue weighted by Crippen LogP contribution is -2.63. The van der Waals surface area contributed by atoms with Crippen LogP contribution in [0.2, 0.25) is 0 Å². The van der Waals surface area contributed by atoms with Crippen molar-refractivity contribution in [2.75, 3.05) is 27.2 Å². The Labute approximate surface area is 234 Å². The van der Waals surface area contributed by atoms with Gasteiger partial charge in [0.1, 0.15) is 17.6 Å². The third kappa shape index (κ3) is 5.72. The number of rotatable bonds is 12. The van der Waals surface area contributed by atoms with Crippen molar-refractivity contribution in [3.63, 3.8) is 0 Å². The summed E-state index contributed by atoms with van der Waals surface area (Å²) in [6.45, 7) is 3.30. The normalized spacial score (nSPS) is 18.9. The van der Waals surface area contributed by atoms with E-state index in [4.69, 9.17) is 4.74 Å². The monoisotopic (exact) mass is 546 g/mol. The zero-order valence-electron chi connectivity index (χ0n) is 23.5. The molecule has 2 aliphatic heterocycles. The average molecular weight is 547 g/mol. The zero-order valence-corrected chi connectivity index (χ0v) is 23.5. The van der Waals surface area contributed by atoms with Crippen molar-refractivity contribution in [2.45, 2.75) is 64.0 Å². The number of fused-ring (bicyclic) bond motifs is 1. The van der Waals surface area contributed by atoms with Gasteiger partial charge in [-0.2, -0.15) is 0 Å². The lowest BCUT2D eigenvalue weighted by atomic mass is 9.73. The minimum atomic E-state index is -0.569. The molecule has 10 nitrogen and oxygen atoms in total. The molecule has 2 atom stereocenters. The number of benzene rings is 1. The predicted molar refractivity (Wildman–Crippen MR) is 152 cm³/mol. The largest absolute Gasteiger partial charge is 0.480 e. The van der Waals surface area contributed by atoms with Crippen LogP contribution in [0.15, 0.2) is 36.5 Å². The van der Waals surface area contributed by atoms with E-state index in [-0.39, 0.29) is 29.1 Å². The van der Waals surface area contributed by atoms with Gasteiger partial charge in [-0.15, -0.1) is 0 Å². The SMILES string of the molecule is CCC(=O)CCCCC[C@H](NC(=O)C1NC(=O)CC12CN(C)C2)c1ncc(-c2cc3ccccc3nc2OC)[nH]1. The maximum atomic E-state index is 13.6. The molecule has 0 bridgehead atoms. The average Bonchev–Trinajstić information content (AvgIpc) is 3.56. The van der Waals surface area contributed by atoms with Crippen LogP contribution in [0.25, 0.3) is 22.2 Å². The number of hydrogen-bond acceptors (Lipinski definition) is 7. The summed E-state index contributed by atoms with van der Waals surface area (Å²) in [5.41, 5.74) is 2.00. The Bertz CT molecular complexity index is 1400. The van der Waals surface area contributed by atoms with Crippen molar-refractivity contribution in [3.05, 3.63) is 42.4 Å². The molecule has 0 radical (unpaired) electrons. The van der Waals surface area contributed by atoms with Crippen molar-refractivity contribution in [2.24, 2.45) is 5.41 Å². The smallest absolute Gasteiger partial charge is 0.243 e. The van der Waals surface area contributed by atoms with Gasteiger partial charge in [0.25, 0.3) is 0 Å². The minimum Gasteiger partial charge on any atom is -0.480 e. The minimum absolute atomic E-state index is 0.0819. The highest BCUT2D eigenvalue weighted by molar-refractivity contribution is 5.93. The van der Waals surface area contributed by atoms with Gasteiger partial charge in [-0.05, 0) is 32.0 Å². The number of likely N-dealkylation sites (tertiary alicyclic amines) is 1. The molecule has 1 aromatic carbocycles. The number of ketones is 1. The number of carbonyl (C=O) groups is 3. The number of methoxy groups -OCH3 is 1. The third-order valence-corrected chi connectivity index (χ3v) is 8.12.